The molecule has 27 heavy (non-hydrogen) atoms. The van der Waals surface area contributed by atoms with Crippen LogP contribution < -0.4 is 10.1 Å². The van der Waals surface area contributed by atoms with Gasteiger partial charge in [-0.05, 0) is 36.2 Å². The van der Waals surface area contributed by atoms with Gasteiger partial charge in [0.05, 0.1) is 19.6 Å². The summed E-state index contributed by atoms with van der Waals surface area (Å²) < 4.78 is 5.17. The predicted octanol–water partition coefficient (Wildman–Crippen LogP) is 3.96. The fourth-order valence-electron chi connectivity index (χ4n) is 2.85. The fraction of sp³-hybridized carbons (Fsp3) is 0.333. The second-order valence-corrected chi connectivity index (χ2v) is 6.64. The highest BCUT2D eigenvalue weighted by Crippen LogP contribution is 2.23. The third-order valence-corrected chi connectivity index (χ3v) is 4.70. The van der Waals surface area contributed by atoms with E-state index >= 15 is 0 Å². The Morgan fingerprint density at radius 1 is 1.15 bits per heavy atom. The van der Waals surface area contributed by atoms with Gasteiger partial charge in [0.1, 0.15) is 5.75 Å². The second kappa shape index (κ2) is 9.97. The zero-order valence-electron chi connectivity index (χ0n) is 15.9. The Morgan fingerprint density at radius 2 is 1.81 bits per heavy atom. The molecule has 1 atom stereocenters. The molecule has 0 fully saturated rings. The maximum atomic E-state index is 12.9. The maximum absolute atomic E-state index is 12.9. The molecule has 0 aliphatic carbocycles. The normalized spacial score (nSPS) is 11.6. The first kappa shape index (κ1) is 20.8. The Hall–Kier alpha value is -2.53. The van der Waals surface area contributed by atoms with Crippen molar-refractivity contribution < 1.29 is 14.3 Å². The maximum Gasteiger partial charge on any atom is 0.225 e. The summed E-state index contributed by atoms with van der Waals surface area (Å²) in [6, 6.07) is 14.4. The Morgan fingerprint density at radius 3 is 2.37 bits per heavy atom. The number of nitrogens with one attached hydrogen (secondary N) is 1. The van der Waals surface area contributed by atoms with Gasteiger partial charge >= 0.3 is 0 Å². The van der Waals surface area contributed by atoms with Crippen LogP contribution in [0.1, 0.15) is 37.4 Å². The molecule has 2 aromatic carbocycles. The van der Waals surface area contributed by atoms with Gasteiger partial charge in [0.2, 0.25) is 11.8 Å². The number of methoxy groups -OCH3 is 1. The molecule has 6 heteroatoms. The fourth-order valence-corrected chi connectivity index (χ4v) is 3.04. The highest BCUT2D eigenvalue weighted by molar-refractivity contribution is 6.31. The molecule has 0 saturated heterocycles. The van der Waals surface area contributed by atoms with Gasteiger partial charge in [0.15, 0.2) is 0 Å². The number of nitrogens with zero attached hydrogens (tertiary/aromatic N) is 1. The van der Waals surface area contributed by atoms with E-state index in [9.17, 15) is 9.59 Å². The van der Waals surface area contributed by atoms with Crippen molar-refractivity contribution in [3.63, 3.8) is 0 Å². The lowest BCUT2D eigenvalue weighted by atomic mass is 10.0. The predicted molar refractivity (Wildman–Crippen MR) is 107 cm³/mol. The Labute approximate surface area is 165 Å². The first-order valence-corrected chi connectivity index (χ1v) is 9.24. The molecular weight excluding hydrogens is 364 g/mol. The molecule has 5 nitrogen and oxygen atoms in total. The zero-order chi connectivity index (χ0) is 19.8. The quantitative estimate of drug-likeness (QED) is 0.744. The number of benzene rings is 2. The molecule has 0 radical (unpaired) electrons. The van der Waals surface area contributed by atoms with Gasteiger partial charge in [0.25, 0.3) is 0 Å². The van der Waals surface area contributed by atoms with Gasteiger partial charge in [-0.2, -0.15) is 0 Å². The van der Waals surface area contributed by atoms with E-state index in [4.69, 9.17) is 16.3 Å². The van der Waals surface area contributed by atoms with Crippen molar-refractivity contribution in [1.82, 2.24) is 10.2 Å². The van der Waals surface area contributed by atoms with E-state index in [0.29, 0.717) is 18.1 Å². The van der Waals surface area contributed by atoms with Crippen LogP contribution in [-0.4, -0.2) is 30.4 Å². The molecular formula is C21H25ClN2O3. The van der Waals surface area contributed by atoms with Crippen LogP contribution in [0.5, 0.6) is 5.75 Å². The number of amides is 2. The summed E-state index contributed by atoms with van der Waals surface area (Å²) >= 11 is 6.22. The van der Waals surface area contributed by atoms with Gasteiger partial charge in [0, 0.05) is 25.0 Å². The number of hydrogen-bond acceptors (Lipinski definition) is 3. The van der Waals surface area contributed by atoms with Crippen LogP contribution in [-0.2, 0) is 16.1 Å². The lowest BCUT2D eigenvalue weighted by Crippen LogP contribution is -2.35. The zero-order valence-corrected chi connectivity index (χ0v) is 16.6. The van der Waals surface area contributed by atoms with E-state index in [1.807, 2.05) is 55.5 Å². The van der Waals surface area contributed by atoms with Crippen molar-refractivity contribution >= 4 is 23.4 Å². The molecule has 0 aliphatic heterocycles. The van der Waals surface area contributed by atoms with Crippen molar-refractivity contribution in [1.29, 1.82) is 0 Å². The van der Waals surface area contributed by atoms with E-state index in [1.165, 1.54) is 6.92 Å². The highest BCUT2D eigenvalue weighted by atomic mass is 35.5. The Balaban J connectivity index is 2.15. The van der Waals surface area contributed by atoms with E-state index in [2.05, 4.69) is 5.32 Å². The standard InChI is InChI=1S/C21H25ClN2O3/c1-4-24(14-17-7-5-6-8-19(17)22)21(26)13-20(23-15(2)25)16-9-11-18(27-3)12-10-16/h5-12,20H,4,13-14H2,1-3H3,(H,23,25). The SMILES string of the molecule is CCN(Cc1ccccc1Cl)C(=O)CC(NC(C)=O)c1ccc(OC)cc1. The second-order valence-electron chi connectivity index (χ2n) is 6.23. The van der Waals surface area contributed by atoms with Crippen LogP contribution in [0.4, 0.5) is 0 Å². The van der Waals surface area contributed by atoms with E-state index < -0.39 is 6.04 Å². The summed E-state index contributed by atoms with van der Waals surface area (Å²) in [4.78, 5) is 26.2. The number of carbonyl (C=O) groups excluding carboxylic acids is 2. The largest absolute Gasteiger partial charge is 0.497 e. The van der Waals surface area contributed by atoms with Crippen LogP contribution in [0.15, 0.2) is 48.5 Å². The lowest BCUT2D eigenvalue weighted by Gasteiger charge is -2.25. The molecule has 0 bridgehead atoms. The summed E-state index contributed by atoms with van der Waals surface area (Å²) in [5.41, 5.74) is 1.75. The minimum absolute atomic E-state index is 0.0491. The minimum Gasteiger partial charge on any atom is -0.497 e. The molecule has 2 aromatic rings. The van der Waals surface area contributed by atoms with Gasteiger partial charge in [-0.1, -0.05) is 41.9 Å². The summed E-state index contributed by atoms with van der Waals surface area (Å²) in [5.74, 6) is 0.491. The van der Waals surface area contributed by atoms with Crippen LogP contribution in [0.25, 0.3) is 0 Å². The first-order valence-electron chi connectivity index (χ1n) is 8.86. The molecule has 144 valence electrons. The molecule has 0 spiro atoms. The first-order chi connectivity index (χ1) is 12.9. The number of rotatable bonds is 8. The third-order valence-electron chi connectivity index (χ3n) is 4.33. The number of hydrogen-bond donors (Lipinski definition) is 1. The van der Waals surface area contributed by atoms with Crippen LogP contribution in [0, 0.1) is 0 Å². The minimum atomic E-state index is -0.402. The summed E-state index contributed by atoms with van der Waals surface area (Å²) in [6.45, 7) is 4.36. The molecule has 1 N–H and O–H groups in total. The van der Waals surface area contributed by atoms with Crippen molar-refractivity contribution in [2.24, 2.45) is 0 Å². The van der Waals surface area contributed by atoms with Crippen LogP contribution in [0.2, 0.25) is 5.02 Å². The van der Waals surface area contributed by atoms with Crippen molar-refractivity contribution in [3.05, 3.63) is 64.7 Å². The molecule has 0 heterocycles. The average molecular weight is 389 g/mol. The van der Waals surface area contributed by atoms with Gasteiger partial charge < -0.3 is 15.0 Å². The number of ether oxygens (including phenoxy) is 1. The molecule has 2 rings (SSSR count). The van der Waals surface area contributed by atoms with Gasteiger partial charge in [-0.15, -0.1) is 0 Å². The molecule has 1 unspecified atom stereocenters. The molecule has 0 aliphatic rings. The smallest absolute Gasteiger partial charge is 0.225 e. The van der Waals surface area contributed by atoms with E-state index in [1.54, 1.807) is 12.0 Å². The summed E-state index contributed by atoms with van der Waals surface area (Å²) in [6.07, 6.45) is 0.171. The van der Waals surface area contributed by atoms with Gasteiger partial charge in [-0.25, -0.2) is 0 Å². The van der Waals surface area contributed by atoms with Crippen molar-refractivity contribution in [2.45, 2.75) is 32.9 Å². The third kappa shape index (κ3) is 6.00. The average Bonchev–Trinajstić information content (AvgIpc) is 2.66. The Kier molecular flexibility index (Phi) is 7.67. The monoisotopic (exact) mass is 388 g/mol. The number of carbonyl (C=O) groups is 2. The van der Waals surface area contributed by atoms with Crippen molar-refractivity contribution in [3.8, 4) is 5.75 Å². The lowest BCUT2D eigenvalue weighted by molar-refractivity contribution is -0.132. The molecule has 2 amide bonds. The van der Waals surface area contributed by atoms with Crippen LogP contribution in [0.3, 0.4) is 0 Å². The van der Waals surface area contributed by atoms with E-state index in [0.717, 1.165) is 16.9 Å². The van der Waals surface area contributed by atoms with Crippen LogP contribution >= 0.6 is 11.6 Å². The van der Waals surface area contributed by atoms with Gasteiger partial charge in [-0.3, -0.25) is 9.59 Å². The summed E-state index contributed by atoms with van der Waals surface area (Å²) in [7, 11) is 1.59. The Bertz CT molecular complexity index is 777. The molecule has 0 saturated carbocycles. The van der Waals surface area contributed by atoms with Crippen molar-refractivity contribution in [2.75, 3.05) is 13.7 Å². The molecule has 0 aromatic heterocycles. The number of halogens is 1. The summed E-state index contributed by atoms with van der Waals surface area (Å²) in [5, 5.41) is 3.50. The topological polar surface area (TPSA) is 58.6 Å². The highest BCUT2D eigenvalue weighted by Gasteiger charge is 2.21. The van der Waals surface area contributed by atoms with E-state index in [-0.39, 0.29) is 18.2 Å².